The minimum atomic E-state index is 0.496. The van der Waals surface area contributed by atoms with Gasteiger partial charge in [0.05, 0.1) is 5.02 Å². The quantitative estimate of drug-likeness (QED) is 0.657. The number of fused-ring (bicyclic) bond motifs is 1. The molecule has 0 aliphatic heterocycles. The summed E-state index contributed by atoms with van der Waals surface area (Å²) in [7, 11) is 0. The second-order valence-corrected chi connectivity index (χ2v) is 4.36. The monoisotopic (exact) mass is 209 g/mol. The molecule has 0 aliphatic carbocycles. The normalized spacial score (nSPS) is 10.2. The number of pyridine rings is 1. The molecule has 0 saturated carbocycles. The van der Waals surface area contributed by atoms with Crippen molar-refractivity contribution in [3.8, 4) is 6.07 Å². The zero-order valence-electron chi connectivity index (χ0n) is 6.89. The van der Waals surface area contributed by atoms with Crippen molar-refractivity contribution < 1.29 is 4.98 Å². The van der Waals surface area contributed by atoms with Gasteiger partial charge >= 0.3 is 0 Å². The zero-order valence-corrected chi connectivity index (χ0v) is 8.46. The molecular formula is C9H6ClN2S+. The lowest BCUT2D eigenvalue weighted by Crippen LogP contribution is -2.02. The number of rotatable bonds is 0. The highest BCUT2D eigenvalue weighted by molar-refractivity contribution is 7.19. The van der Waals surface area contributed by atoms with Crippen LogP contribution in [0.1, 0.15) is 10.4 Å². The van der Waals surface area contributed by atoms with E-state index in [9.17, 15) is 0 Å². The Hall–Kier alpha value is -1.11. The highest BCUT2D eigenvalue weighted by Gasteiger charge is 2.13. The van der Waals surface area contributed by atoms with E-state index in [-0.39, 0.29) is 0 Å². The van der Waals surface area contributed by atoms with Gasteiger partial charge in [-0.3, -0.25) is 0 Å². The van der Waals surface area contributed by atoms with Gasteiger partial charge in [-0.05, 0) is 6.92 Å². The fourth-order valence-corrected chi connectivity index (χ4v) is 2.44. The van der Waals surface area contributed by atoms with Gasteiger partial charge in [-0.2, -0.15) is 5.26 Å². The summed E-state index contributed by atoms with van der Waals surface area (Å²) in [5, 5.41) is 9.29. The van der Waals surface area contributed by atoms with Crippen molar-refractivity contribution in [1.82, 2.24) is 0 Å². The molecule has 0 unspecified atom stereocenters. The lowest BCUT2D eigenvalue weighted by Gasteiger charge is -1.89. The maximum atomic E-state index is 8.73. The molecule has 2 aromatic heterocycles. The molecule has 2 nitrogen and oxygen atoms in total. The molecule has 0 radical (unpaired) electrons. The Labute approximate surface area is 84.4 Å². The molecule has 0 amide bonds. The Bertz CT molecular complexity index is 510. The lowest BCUT2D eigenvalue weighted by molar-refractivity contribution is -0.344. The highest BCUT2D eigenvalue weighted by atomic mass is 35.5. The Balaban J connectivity index is 2.87. The first-order valence-electron chi connectivity index (χ1n) is 3.73. The summed E-state index contributed by atoms with van der Waals surface area (Å²) in [6.45, 7) is 2.01. The molecule has 2 rings (SSSR count). The van der Waals surface area contributed by atoms with Gasteiger partial charge < -0.3 is 0 Å². The van der Waals surface area contributed by atoms with Crippen molar-refractivity contribution in [2.45, 2.75) is 6.92 Å². The van der Waals surface area contributed by atoms with Crippen LogP contribution in [-0.4, -0.2) is 0 Å². The predicted molar refractivity (Wildman–Crippen MR) is 52.8 cm³/mol. The van der Waals surface area contributed by atoms with E-state index < -0.39 is 0 Å². The number of aromatic nitrogens is 1. The lowest BCUT2D eigenvalue weighted by atomic mass is 10.3. The average molecular weight is 210 g/mol. The number of nitrogens with one attached hydrogen (secondary N) is 1. The molecule has 1 N–H and O–H groups in total. The van der Waals surface area contributed by atoms with Gasteiger partial charge in [0.1, 0.15) is 16.3 Å². The molecule has 2 heterocycles. The van der Waals surface area contributed by atoms with Gasteiger partial charge in [-0.1, -0.05) is 11.6 Å². The maximum Gasteiger partial charge on any atom is 0.223 e. The second-order valence-electron chi connectivity index (χ2n) is 2.73. The third kappa shape index (κ3) is 1.28. The SMILES string of the molecule is Cc1cc2[nH+]cc(C#N)c(Cl)c2s1. The number of thiophene rings is 1. The average Bonchev–Trinajstić information content (AvgIpc) is 2.47. The van der Waals surface area contributed by atoms with E-state index in [1.807, 2.05) is 19.1 Å². The van der Waals surface area contributed by atoms with Gasteiger partial charge in [0, 0.05) is 10.9 Å². The van der Waals surface area contributed by atoms with E-state index in [1.54, 1.807) is 17.5 Å². The van der Waals surface area contributed by atoms with Crippen LogP contribution in [0.5, 0.6) is 0 Å². The van der Waals surface area contributed by atoms with Crippen molar-refractivity contribution in [1.29, 1.82) is 5.26 Å². The van der Waals surface area contributed by atoms with Crippen LogP contribution < -0.4 is 4.98 Å². The van der Waals surface area contributed by atoms with Gasteiger partial charge in [0.15, 0.2) is 6.20 Å². The summed E-state index contributed by atoms with van der Waals surface area (Å²) in [6, 6.07) is 4.06. The Morgan fingerprint density at radius 1 is 1.62 bits per heavy atom. The minimum absolute atomic E-state index is 0.496. The molecule has 4 heteroatoms. The van der Waals surface area contributed by atoms with E-state index in [0.29, 0.717) is 10.6 Å². The predicted octanol–water partition coefficient (Wildman–Crippen LogP) is 2.55. The summed E-state index contributed by atoms with van der Waals surface area (Å²) in [5.74, 6) is 0. The van der Waals surface area contributed by atoms with Crippen molar-refractivity contribution >= 4 is 33.2 Å². The van der Waals surface area contributed by atoms with E-state index in [0.717, 1.165) is 10.2 Å². The molecule has 0 spiro atoms. The number of hydrogen-bond acceptors (Lipinski definition) is 2. The molecule has 0 aliphatic rings. The zero-order chi connectivity index (χ0) is 9.42. The summed E-state index contributed by atoms with van der Waals surface area (Å²) >= 11 is 7.62. The topological polar surface area (TPSA) is 37.9 Å². The van der Waals surface area contributed by atoms with Gasteiger partial charge in [0.2, 0.25) is 5.52 Å². The third-order valence-electron chi connectivity index (χ3n) is 1.78. The van der Waals surface area contributed by atoms with Gasteiger partial charge in [-0.25, -0.2) is 4.98 Å². The Kier molecular flexibility index (Phi) is 1.95. The van der Waals surface area contributed by atoms with Crippen LogP contribution in [0.2, 0.25) is 5.02 Å². The van der Waals surface area contributed by atoms with Crippen molar-refractivity contribution in [3.05, 3.63) is 27.7 Å². The molecule has 0 atom stereocenters. The number of nitrogens with zero attached hydrogens (tertiary/aromatic N) is 1. The first-order chi connectivity index (χ1) is 6.22. The number of hydrogen-bond donors (Lipinski definition) is 0. The Morgan fingerprint density at radius 3 is 3.08 bits per heavy atom. The number of aromatic amines is 1. The fourth-order valence-electron chi connectivity index (χ4n) is 1.20. The first-order valence-corrected chi connectivity index (χ1v) is 4.92. The molecular weight excluding hydrogens is 204 g/mol. The van der Waals surface area contributed by atoms with E-state index in [4.69, 9.17) is 16.9 Å². The van der Waals surface area contributed by atoms with Crippen LogP contribution in [0, 0.1) is 18.3 Å². The van der Waals surface area contributed by atoms with E-state index in [1.165, 1.54) is 4.88 Å². The number of H-pyrrole nitrogens is 1. The fraction of sp³-hybridized carbons (Fsp3) is 0.111. The van der Waals surface area contributed by atoms with Crippen LogP contribution in [0.4, 0.5) is 0 Å². The Morgan fingerprint density at radius 2 is 2.38 bits per heavy atom. The molecule has 0 fully saturated rings. The molecule has 2 aromatic rings. The van der Waals surface area contributed by atoms with Crippen molar-refractivity contribution in [2.24, 2.45) is 0 Å². The minimum Gasteiger partial charge on any atom is -0.209 e. The summed E-state index contributed by atoms with van der Waals surface area (Å²) in [6.07, 6.45) is 1.64. The molecule has 0 aromatic carbocycles. The number of aryl methyl sites for hydroxylation is 1. The van der Waals surface area contributed by atoms with Gasteiger partial charge in [-0.15, -0.1) is 11.3 Å². The van der Waals surface area contributed by atoms with E-state index in [2.05, 4.69) is 4.98 Å². The largest absolute Gasteiger partial charge is 0.223 e. The third-order valence-corrected chi connectivity index (χ3v) is 3.36. The standard InChI is InChI=1S/C9H5ClN2S/c1-5-2-7-9(13-5)8(10)6(3-11)4-12-7/h2,4H,1H3/p+1. The summed E-state index contributed by atoms with van der Waals surface area (Å²) in [5.41, 5.74) is 1.49. The van der Waals surface area contributed by atoms with Crippen LogP contribution in [0.25, 0.3) is 10.2 Å². The van der Waals surface area contributed by atoms with Crippen LogP contribution in [0.3, 0.4) is 0 Å². The summed E-state index contributed by atoms with van der Waals surface area (Å²) in [4.78, 5) is 4.22. The van der Waals surface area contributed by atoms with Crippen molar-refractivity contribution in [3.63, 3.8) is 0 Å². The van der Waals surface area contributed by atoms with Crippen LogP contribution >= 0.6 is 22.9 Å². The first kappa shape index (κ1) is 8.49. The van der Waals surface area contributed by atoms with Crippen LogP contribution in [0.15, 0.2) is 12.3 Å². The van der Waals surface area contributed by atoms with Gasteiger partial charge in [0.25, 0.3) is 0 Å². The molecule has 0 bridgehead atoms. The molecule has 13 heavy (non-hydrogen) atoms. The van der Waals surface area contributed by atoms with Crippen molar-refractivity contribution in [2.75, 3.05) is 0 Å². The highest BCUT2D eigenvalue weighted by Crippen LogP contribution is 2.30. The second kappa shape index (κ2) is 2.99. The van der Waals surface area contributed by atoms with E-state index >= 15 is 0 Å². The smallest absolute Gasteiger partial charge is 0.209 e. The number of nitriles is 1. The maximum absolute atomic E-state index is 8.73. The molecule has 0 saturated heterocycles. The number of halogens is 1. The van der Waals surface area contributed by atoms with Crippen LogP contribution in [-0.2, 0) is 0 Å². The summed E-state index contributed by atoms with van der Waals surface area (Å²) < 4.78 is 0.957. The molecule has 64 valence electrons.